The van der Waals surface area contributed by atoms with E-state index in [1.54, 1.807) is 15.8 Å². The van der Waals surface area contributed by atoms with Gasteiger partial charge in [-0.15, -0.1) is 0 Å². The topological polar surface area (TPSA) is 68.0 Å². The molecule has 0 aliphatic rings. The van der Waals surface area contributed by atoms with Crippen LogP contribution >= 0.6 is 0 Å². The predicted molar refractivity (Wildman–Crippen MR) is 84.1 cm³/mol. The van der Waals surface area contributed by atoms with Gasteiger partial charge in [0.05, 0.1) is 25.0 Å². The van der Waals surface area contributed by atoms with E-state index in [1.807, 2.05) is 51.1 Å². The Morgan fingerprint density at radius 1 is 1.32 bits per heavy atom. The summed E-state index contributed by atoms with van der Waals surface area (Å²) in [6.07, 6.45) is 7.46. The van der Waals surface area contributed by atoms with Gasteiger partial charge in [-0.3, -0.25) is 9.36 Å². The minimum atomic E-state index is -0.0805. The van der Waals surface area contributed by atoms with Gasteiger partial charge in [0.15, 0.2) is 0 Å². The average Bonchev–Trinajstić information content (AvgIpc) is 3.13. The SMILES string of the molecule is CCN(Cc1cnn(CC)c1)C(=O)N[C@H](C)c1cnn(C)c1. The third kappa shape index (κ3) is 3.87. The fourth-order valence-corrected chi connectivity index (χ4v) is 2.23. The van der Waals surface area contributed by atoms with Crippen molar-refractivity contribution in [2.75, 3.05) is 6.54 Å². The van der Waals surface area contributed by atoms with Gasteiger partial charge in [0.2, 0.25) is 0 Å². The van der Waals surface area contributed by atoms with Crippen LogP contribution in [0.15, 0.2) is 24.8 Å². The minimum Gasteiger partial charge on any atom is -0.331 e. The molecule has 0 fully saturated rings. The number of aromatic nitrogens is 4. The van der Waals surface area contributed by atoms with Crippen LogP contribution in [0, 0.1) is 0 Å². The van der Waals surface area contributed by atoms with Crippen LogP contribution in [-0.2, 0) is 20.1 Å². The molecule has 22 heavy (non-hydrogen) atoms. The zero-order valence-electron chi connectivity index (χ0n) is 13.7. The first-order valence-electron chi connectivity index (χ1n) is 7.58. The summed E-state index contributed by atoms with van der Waals surface area (Å²) in [7, 11) is 1.86. The molecule has 2 rings (SSSR count). The van der Waals surface area contributed by atoms with Gasteiger partial charge < -0.3 is 10.2 Å². The number of nitrogens with one attached hydrogen (secondary N) is 1. The first-order chi connectivity index (χ1) is 10.5. The largest absolute Gasteiger partial charge is 0.331 e. The van der Waals surface area contributed by atoms with Crippen molar-refractivity contribution in [3.8, 4) is 0 Å². The second-order valence-electron chi connectivity index (χ2n) is 5.34. The Bertz CT molecular complexity index is 617. The molecule has 0 unspecified atom stereocenters. The van der Waals surface area contributed by atoms with E-state index >= 15 is 0 Å². The quantitative estimate of drug-likeness (QED) is 0.886. The van der Waals surface area contributed by atoms with E-state index in [0.29, 0.717) is 13.1 Å². The molecule has 2 aromatic heterocycles. The summed E-state index contributed by atoms with van der Waals surface area (Å²) in [5.41, 5.74) is 2.03. The number of rotatable bonds is 6. The Balaban J connectivity index is 1.96. The van der Waals surface area contributed by atoms with Gasteiger partial charge in [-0.2, -0.15) is 10.2 Å². The van der Waals surface area contributed by atoms with E-state index in [-0.39, 0.29) is 12.1 Å². The van der Waals surface area contributed by atoms with Gasteiger partial charge >= 0.3 is 6.03 Å². The Morgan fingerprint density at radius 2 is 2.09 bits per heavy atom. The maximum atomic E-state index is 12.4. The number of nitrogens with zero attached hydrogens (tertiary/aromatic N) is 5. The molecule has 1 N–H and O–H groups in total. The highest BCUT2D eigenvalue weighted by Gasteiger charge is 2.17. The van der Waals surface area contributed by atoms with Crippen LogP contribution in [0.4, 0.5) is 4.79 Å². The molecule has 0 spiro atoms. The van der Waals surface area contributed by atoms with Gasteiger partial charge in [-0.1, -0.05) is 0 Å². The Labute approximate surface area is 130 Å². The molecule has 0 radical (unpaired) electrons. The van der Waals surface area contributed by atoms with E-state index in [9.17, 15) is 4.79 Å². The molecule has 2 aromatic rings. The van der Waals surface area contributed by atoms with Crippen molar-refractivity contribution in [1.82, 2.24) is 29.8 Å². The zero-order chi connectivity index (χ0) is 16.1. The van der Waals surface area contributed by atoms with Gasteiger partial charge in [-0.25, -0.2) is 4.79 Å². The normalized spacial score (nSPS) is 12.2. The number of hydrogen-bond donors (Lipinski definition) is 1. The lowest BCUT2D eigenvalue weighted by molar-refractivity contribution is 0.195. The smallest absolute Gasteiger partial charge is 0.318 e. The molecule has 7 nitrogen and oxygen atoms in total. The summed E-state index contributed by atoms with van der Waals surface area (Å²) in [5, 5.41) is 11.4. The Morgan fingerprint density at radius 3 is 2.64 bits per heavy atom. The van der Waals surface area contributed by atoms with Gasteiger partial charge in [0.1, 0.15) is 0 Å². The number of hydrogen-bond acceptors (Lipinski definition) is 3. The molecule has 120 valence electrons. The molecule has 7 heteroatoms. The fourth-order valence-electron chi connectivity index (χ4n) is 2.23. The van der Waals surface area contributed by atoms with E-state index < -0.39 is 0 Å². The summed E-state index contributed by atoms with van der Waals surface area (Å²) >= 11 is 0. The van der Waals surface area contributed by atoms with Crippen LogP contribution in [0.5, 0.6) is 0 Å². The van der Waals surface area contributed by atoms with Crippen LogP contribution in [0.1, 0.15) is 37.9 Å². The van der Waals surface area contributed by atoms with Crippen molar-refractivity contribution < 1.29 is 4.79 Å². The van der Waals surface area contributed by atoms with Crippen LogP contribution in [0.3, 0.4) is 0 Å². The lowest BCUT2D eigenvalue weighted by atomic mass is 10.2. The van der Waals surface area contributed by atoms with Gasteiger partial charge in [-0.05, 0) is 20.8 Å². The second kappa shape index (κ2) is 7.11. The maximum Gasteiger partial charge on any atom is 0.318 e. The fraction of sp³-hybridized carbons (Fsp3) is 0.533. The summed E-state index contributed by atoms with van der Waals surface area (Å²) < 4.78 is 3.59. The molecule has 2 amide bonds. The molecule has 0 aromatic carbocycles. The predicted octanol–water partition coefficient (Wildman–Crippen LogP) is 1.93. The number of urea groups is 1. The lowest BCUT2D eigenvalue weighted by Crippen LogP contribution is -2.40. The molecule has 0 saturated carbocycles. The van der Waals surface area contributed by atoms with Gasteiger partial charge in [0.25, 0.3) is 0 Å². The summed E-state index contributed by atoms with van der Waals surface area (Å²) in [5.74, 6) is 0. The number of aryl methyl sites for hydroxylation is 2. The summed E-state index contributed by atoms with van der Waals surface area (Å²) in [6, 6.07) is -0.156. The first kappa shape index (κ1) is 16.1. The minimum absolute atomic E-state index is 0.0754. The number of carbonyl (C=O) groups is 1. The van der Waals surface area contributed by atoms with E-state index in [2.05, 4.69) is 15.5 Å². The first-order valence-corrected chi connectivity index (χ1v) is 7.58. The van der Waals surface area contributed by atoms with Crippen molar-refractivity contribution in [3.63, 3.8) is 0 Å². The zero-order valence-corrected chi connectivity index (χ0v) is 13.7. The Hall–Kier alpha value is -2.31. The maximum absolute atomic E-state index is 12.4. The van der Waals surface area contributed by atoms with Crippen molar-refractivity contribution in [3.05, 3.63) is 35.9 Å². The van der Waals surface area contributed by atoms with Crippen LogP contribution in [0.25, 0.3) is 0 Å². The number of carbonyl (C=O) groups excluding carboxylic acids is 1. The lowest BCUT2D eigenvalue weighted by Gasteiger charge is -2.23. The molecule has 0 bridgehead atoms. The standard InChI is InChI=1S/C15H24N6O/c1-5-20(9-13-7-17-21(6-2)10-13)15(22)18-12(3)14-8-16-19(4)11-14/h7-8,10-12H,5-6,9H2,1-4H3,(H,18,22)/t12-/m1/s1. The third-order valence-electron chi connectivity index (χ3n) is 3.62. The monoisotopic (exact) mass is 304 g/mol. The average molecular weight is 304 g/mol. The van der Waals surface area contributed by atoms with E-state index in [1.165, 1.54) is 0 Å². The molecule has 0 saturated heterocycles. The Kier molecular flexibility index (Phi) is 5.19. The summed E-state index contributed by atoms with van der Waals surface area (Å²) in [4.78, 5) is 14.2. The molecule has 0 aliphatic carbocycles. The van der Waals surface area contributed by atoms with Crippen LogP contribution in [0.2, 0.25) is 0 Å². The highest BCUT2D eigenvalue weighted by Crippen LogP contribution is 2.12. The molecular formula is C15H24N6O. The highest BCUT2D eigenvalue weighted by molar-refractivity contribution is 5.74. The highest BCUT2D eigenvalue weighted by atomic mass is 16.2. The van der Waals surface area contributed by atoms with Crippen molar-refractivity contribution in [2.45, 2.75) is 39.9 Å². The van der Waals surface area contributed by atoms with Crippen LogP contribution < -0.4 is 5.32 Å². The van der Waals surface area contributed by atoms with Crippen molar-refractivity contribution in [2.24, 2.45) is 7.05 Å². The molecule has 2 heterocycles. The third-order valence-corrected chi connectivity index (χ3v) is 3.62. The van der Waals surface area contributed by atoms with E-state index in [4.69, 9.17) is 0 Å². The van der Waals surface area contributed by atoms with Crippen LogP contribution in [-0.4, -0.2) is 37.0 Å². The second-order valence-corrected chi connectivity index (χ2v) is 5.34. The van der Waals surface area contributed by atoms with Crippen molar-refractivity contribution in [1.29, 1.82) is 0 Å². The molecule has 1 atom stereocenters. The summed E-state index contributed by atoms with van der Waals surface area (Å²) in [6.45, 7) is 7.99. The van der Waals surface area contributed by atoms with E-state index in [0.717, 1.165) is 17.7 Å². The van der Waals surface area contributed by atoms with Gasteiger partial charge in [0, 0.05) is 43.7 Å². The molecule has 0 aliphatic heterocycles. The number of amides is 2. The molecular weight excluding hydrogens is 280 g/mol. The van der Waals surface area contributed by atoms with Crippen molar-refractivity contribution >= 4 is 6.03 Å².